The molecule has 1 atom stereocenters. The molecule has 3 heteroatoms. The number of rotatable bonds is 2. The van der Waals surface area contributed by atoms with Crippen molar-refractivity contribution in [3.05, 3.63) is 30.0 Å². The van der Waals surface area contributed by atoms with E-state index in [-0.39, 0.29) is 5.92 Å². The lowest BCUT2D eigenvalue weighted by atomic mass is 10.1. The second-order valence-corrected chi connectivity index (χ2v) is 3.50. The van der Waals surface area contributed by atoms with Crippen LogP contribution in [-0.4, -0.2) is 11.3 Å². The van der Waals surface area contributed by atoms with Crippen molar-refractivity contribution in [2.24, 2.45) is 0 Å². The molecule has 1 aromatic heterocycles. The first kappa shape index (κ1) is 8.81. The zero-order chi connectivity index (χ0) is 10.1. The number of fused-ring (bicyclic) bond motifs is 1. The zero-order valence-electron chi connectivity index (χ0n) is 7.95. The number of hydrogen-bond acceptors (Lipinski definition) is 2. The number of H-pyrrole nitrogens is 1. The van der Waals surface area contributed by atoms with Crippen LogP contribution in [0.5, 0.6) is 0 Å². The van der Waals surface area contributed by atoms with Crippen molar-refractivity contribution in [3.63, 3.8) is 0 Å². The molecule has 3 N–H and O–H groups in total. The molecule has 1 heterocycles. The lowest BCUT2D eigenvalue weighted by molar-refractivity contribution is -0.108. The second kappa shape index (κ2) is 3.18. The summed E-state index contributed by atoms with van der Waals surface area (Å²) in [5.74, 6) is -0.0939. The summed E-state index contributed by atoms with van der Waals surface area (Å²) in [6, 6.07) is 7.62. The Morgan fingerprint density at radius 3 is 2.93 bits per heavy atom. The number of nitrogens with one attached hydrogen (secondary N) is 1. The predicted molar refractivity (Wildman–Crippen MR) is 57.2 cm³/mol. The Labute approximate surface area is 81.9 Å². The van der Waals surface area contributed by atoms with Crippen LogP contribution in [0.3, 0.4) is 0 Å². The Morgan fingerprint density at radius 1 is 1.43 bits per heavy atom. The third-order valence-electron chi connectivity index (χ3n) is 2.36. The predicted octanol–water partition coefficient (Wildman–Crippen LogP) is 2.05. The molecule has 0 amide bonds. The summed E-state index contributed by atoms with van der Waals surface area (Å²) in [7, 11) is 0. The number of aromatic nitrogens is 1. The van der Waals surface area contributed by atoms with Crippen LogP contribution < -0.4 is 5.73 Å². The van der Waals surface area contributed by atoms with Crippen LogP contribution in [0.2, 0.25) is 0 Å². The average molecular weight is 188 g/mol. The molecule has 0 spiro atoms. The fourth-order valence-electron chi connectivity index (χ4n) is 1.49. The van der Waals surface area contributed by atoms with Gasteiger partial charge in [0.2, 0.25) is 0 Å². The topological polar surface area (TPSA) is 58.9 Å². The Bertz CT molecular complexity index is 473. The van der Waals surface area contributed by atoms with E-state index in [4.69, 9.17) is 5.73 Å². The first-order chi connectivity index (χ1) is 6.70. The maximum atomic E-state index is 10.6. The Hall–Kier alpha value is -1.77. The van der Waals surface area contributed by atoms with Crippen molar-refractivity contribution >= 4 is 22.9 Å². The zero-order valence-corrected chi connectivity index (χ0v) is 7.95. The number of anilines is 1. The summed E-state index contributed by atoms with van der Waals surface area (Å²) < 4.78 is 0. The molecule has 14 heavy (non-hydrogen) atoms. The molecule has 3 nitrogen and oxygen atoms in total. The highest BCUT2D eigenvalue weighted by molar-refractivity contribution is 5.84. The molecule has 0 radical (unpaired) electrons. The highest BCUT2D eigenvalue weighted by atomic mass is 16.1. The molecular weight excluding hydrogens is 176 g/mol. The van der Waals surface area contributed by atoms with Crippen molar-refractivity contribution in [1.82, 2.24) is 4.98 Å². The first-order valence-corrected chi connectivity index (χ1v) is 4.54. The van der Waals surface area contributed by atoms with E-state index in [9.17, 15) is 4.79 Å². The maximum absolute atomic E-state index is 10.6. The van der Waals surface area contributed by atoms with Gasteiger partial charge in [-0.2, -0.15) is 0 Å². The maximum Gasteiger partial charge on any atom is 0.128 e. The van der Waals surface area contributed by atoms with Gasteiger partial charge in [-0.05, 0) is 24.3 Å². The van der Waals surface area contributed by atoms with Gasteiger partial charge in [0.1, 0.15) is 6.29 Å². The van der Waals surface area contributed by atoms with Crippen molar-refractivity contribution < 1.29 is 4.79 Å². The van der Waals surface area contributed by atoms with Crippen LogP contribution in [0.4, 0.5) is 5.69 Å². The molecule has 0 aliphatic heterocycles. The number of nitrogens with two attached hydrogens (primary N) is 1. The second-order valence-electron chi connectivity index (χ2n) is 3.50. The molecule has 1 aromatic carbocycles. The summed E-state index contributed by atoms with van der Waals surface area (Å²) in [5, 5.41) is 1.05. The van der Waals surface area contributed by atoms with Crippen LogP contribution in [0, 0.1) is 0 Å². The van der Waals surface area contributed by atoms with Crippen molar-refractivity contribution in [3.8, 4) is 0 Å². The van der Waals surface area contributed by atoms with Gasteiger partial charge in [0.05, 0.1) is 5.92 Å². The van der Waals surface area contributed by atoms with Gasteiger partial charge in [-0.1, -0.05) is 6.92 Å². The molecule has 0 aliphatic rings. The number of benzene rings is 1. The Balaban J connectivity index is 2.56. The van der Waals surface area contributed by atoms with Gasteiger partial charge in [0, 0.05) is 22.3 Å². The van der Waals surface area contributed by atoms with Crippen LogP contribution in [-0.2, 0) is 4.79 Å². The summed E-state index contributed by atoms with van der Waals surface area (Å²) >= 11 is 0. The van der Waals surface area contributed by atoms with E-state index in [1.807, 2.05) is 31.2 Å². The lowest BCUT2D eigenvalue weighted by Gasteiger charge is -1.96. The van der Waals surface area contributed by atoms with Gasteiger partial charge >= 0.3 is 0 Å². The summed E-state index contributed by atoms with van der Waals surface area (Å²) in [6.07, 6.45) is 0.925. The molecule has 0 saturated carbocycles. The van der Waals surface area contributed by atoms with E-state index in [2.05, 4.69) is 4.98 Å². The molecule has 0 bridgehead atoms. The summed E-state index contributed by atoms with van der Waals surface area (Å²) in [4.78, 5) is 13.8. The molecule has 0 fully saturated rings. The number of carbonyl (C=O) groups is 1. The monoisotopic (exact) mass is 188 g/mol. The smallest absolute Gasteiger partial charge is 0.128 e. The van der Waals surface area contributed by atoms with E-state index in [1.54, 1.807) is 0 Å². The Morgan fingerprint density at radius 2 is 2.21 bits per heavy atom. The summed E-state index contributed by atoms with van der Waals surface area (Å²) in [5.41, 5.74) is 8.34. The lowest BCUT2D eigenvalue weighted by Crippen LogP contribution is -1.93. The highest BCUT2D eigenvalue weighted by Crippen LogP contribution is 2.21. The van der Waals surface area contributed by atoms with Crippen molar-refractivity contribution in [1.29, 1.82) is 0 Å². The van der Waals surface area contributed by atoms with Gasteiger partial charge in [0.25, 0.3) is 0 Å². The molecule has 0 saturated heterocycles. The van der Waals surface area contributed by atoms with Gasteiger partial charge in [-0.3, -0.25) is 0 Å². The van der Waals surface area contributed by atoms with E-state index in [1.165, 1.54) is 0 Å². The largest absolute Gasteiger partial charge is 0.399 e. The highest BCUT2D eigenvalue weighted by Gasteiger charge is 2.07. The normalized spacial score (nSPS) is 12.9. The molecule has 2 rings (SSSR count). The number of hydrogen-bond donors (Lipinski definition) is 2. The fraction of sp³-hybridized carbons (Fsp3) is 0.182. The molecule has 0 aliphatic carbocycles. The molecular formula is C11H12N2O. The van der Waals surface area contributed by atoms with Gasteiger partial charge < -0.3 is 15.5 Å². The van der Waals surface area contributed by atoms with Crippen LogP contribution in [0.1, 0.15) is 18.5 Å². The van der Waals surface area contributed by atoms with Gasteiger partial charge in [-0.25, -0.2) is 0 Å². The fourth-order valence-corrected chi connectivity index (χ4v) is 1.49. The minimum atomic E-state index is -0.0939. The Kier molecular flexibility index (Phi) is 2.00. The number of carbonyl (C=O) groups excluding carboxylic acids is 1. The van der Waals surface area contributed by atoms with E-state index in [0.29, 0.717) is 0 Å². The van der Waals surface area contributed by atoms with E-state index < -0.39 is 0 Å². The van der Waals surface area contributed by atoms with Crippen molar-refractivity contribution in [2.75, 3.05) is 5.73 Å². The van der Waals surface area contributed by atoms with Crippen molar-refractivity contribution in [2.45, 2.75) is 12.8 Å². The van der Waals surface area contributed by atoms with Crippen LogP contribution in [0.25, 0.3) is 10.9 Å². The first-order valence-electron chi connectivity index (χ1n) is 4.54. The van der Waals surface area contributed by atoms with E-state index in [0.717, 1.165) is 28.6 Å². The third kappa shape index (κ3) is 1.37. The quantitative estimate of drug-likeness (QED) is 0.559. The number of aromatic amines is 1. The standard InChI is InChI=1S/C11H12N2O/c1-7(6-14)11-5-8-4-9(12)2-3-10(8)13-11/h2-7,13H,12H2,1H3. The van der Waals surface area contributed by atoms with Gasteiger partial charge in [-0.15, -0.1) is 0 Å². The number of nitrogen functional groups attached to an aromatic ring is 1. The van der Waals surface area contributed by atoms with Gasteiger partial charge in [0.15, 0.2) is 0 Å². The number of aldehydes is 1. The van der Waals surface area contributed by atoms with Crippen LogP contribution >= 0.6 is 0 Å². The molecule has 2 aromatic rings. The molecule has 72 valence electrons. The van der Waals surface area contributed by atoms with E-state index >= 15 is 0 Å². The minimum absolute atomic E-state index is 0.0939. The summed E-state index contributed by atoms with van der Waals surface area (Å²) in [6.45, 7) is 1.86. The molecule has 1 unspecified atom stereocenters. The van der Waals surface area contributed by atoms with Crippen LogP contribution in [0.15, 0.2) is 24.3 Å². The SMILES string of the molecule is CC(C=O)c1cc2cc(N)ccc2[nH]1. The minimum Gasteiger partial charge on any atom is -0.399 e. The average Bonchev–Trinajstić information content (AvgIpc) is 2.59. The third-order valence-corrected chi connectivity index (χ3v) is 2.36.